The third kappa shape index (κ3) is 5.53. The molecule has 1 aliphatic heterocycles. The van der Waals surface area contributed by atoms with Gasteiger partial charge in [-0.15, -0.1) is 0 Å². The van der Waals surface area contributed by atoms with Crippen LogP contribution < -0.4 is 5.32 Å². The minimum Gasteiger partial charge on any atom is -0.353 e. The van der Waals surface area contributed by atoms with Gasteiger partial charge in [0.2, 0.25) is 17.6 Å². The predicted octanol–water partition coefficient (Wildman–Crippen LogP) is 3.91. The second kappa shape index (κ2) is 9.33. The third-order valence-electron chi connectivity index (χ3n) is 4.98. The lowest BCUT2D eigenvalue weighted by Crippen LogP contribution is -2.42. The molecule has 0 bridgehead atoms. The molecule has 27 heavy (non-hydrogen) atoms. The lowest BCUT2D eigenvalue weighted by atomic mass is 9.95. The molecular weight excluding hydrogens is 364 g/mol. The number of piperidine rings is 1. The SMILES string of the molecule is CCCC(C)NC(=O)C1CCN(Cc2nc(-c3cccc(Cl)c3)no2)CC1. The molecule has 1 aromatic carbocycles. The van der Waals surface area contributed by atoms with E-state index in [-0.39, 0.29) is 17.9 Å². The quantitative estimate of drug-likeness (QED) is 0.776. The smallest absolute Gasteiger partial charge is 0.241 e. The molecule has 1 saturated heterocycles. The first-order valence-electron chi connectivity index (χ1n) is 9.66. The van der Waals surface area contributed by atoms with E-state index in [4.69, 9.17) is 16.1 Å². The fourth-order valence-electron chi connectivity index (χ4n) is 3.47. The van der Waals surface area contributed by atoms with E-state index in [1.807, 2.05) is 24.3 Å². The number of likely N-dealkylation sites (tertiary alicyclic amines) is 1. The molecule has 1 N–H and O–H groups in total. The van der Waals surface area contributed by atoms with Gasteiger partial charge in [0, 0.05) is 22.5 Å². The average Bonchev–Trinajstić information content (AvgIpc) is 3.11. The number of carbonyl (C=O) groups excluding carboxylic acids is 1. The molecule has 6 nitrogen and oxygen atoms in total. The molecule has 0 spiro atoms. The van der Waals surface area contributed by atoms with Crippen molar-refractivity contribution >= 4 is 17.5 Å². The Morgan fingerprint density at radius 3 is 2.89 bits per heavy atom. The second-order valence-corrected chi connectivity index (χ2v) is 7.71. The Kier molecular flexibility index (Phi) is 6.85. The normalized spacial score (nSPS) is 17.0. The van der Waals surface area contributed by atoms with E-state index in [0.29, 0.717) is 23.3 Å². The average molecular weight is 391 g/mol. The highest BCUT2D eigenvalue weighted by Gasteiger charge is 2.26. The van der Waals surface area contributed by atoms with Crippen LogP contribution in [0.2, 0.25) is 5.02 Å². The van der Waals surface area contributed by atoms with Gasteiger partial charge in [0.25, 0.3) is 0 Å². The number of rotatable bonds is 7. The van der Waals surface area contributed by atoms with Crippen molar-refractivity contribution in [3.8, 4) is 11.4 Å². The summed E-state index contributed by atoms with van der Waals surface area (Å²) < 4.78 is 5.39. The van der Waals surface area contributed by atoms with Crippen LogP contribution in [0.25, 0.3) is 11.4 Å². The molecule has 0 saturated carbocycles. The third-order valence-corrected chi connectivity index (χ3v) is 5.21. The standard InChI is InChI=1S/C20H27ClN4O2/c1-3-5-14(2)22-20(26)15-8-10-25(11-9-15)13-18-23-19(24-27-18)16-6-4-7-17(21)12-16/h4,6-7,12,14-15H,3,5,8-11,13H2,1-2H3,(H,22,26). The van der Waals surface area contributed by atoms with E-state index in [9.17, 15) is 4.79 Å². The van der Waals surface area contributed by atoms with Gasteiger partial charge in [-0.25, -0.2) is 0 Å². The Labute approximate surface area is 165 Å². The summed E-state index contributed by atoms with van der Waals surface area (Å²) in [5.41, 5.74) is 0.842. The number of carbonyl (C=O) groups is 1. The molecule has 1 unspecified atom stereocenters. The van der Waals surface area contributed by atoms with Gasteiger partial charge in [-0.3, -0.25) is 9.69 Å². The number of hydrogen-bond donors (Lipinski definition) is 1. The molecule has 1 fully saturated rings. The number of hydrogen-bond acceptors (Lipinski definition) is 5. The highest BCUT2D eigenvalue weighted by Crippen LogP contribution is 2.22. The molecule has 3 rings (SSSR count). The van der Waals surface area contributed by atoms with E-state index < -0.39 is 0 Å². The van der Waals surface area contributed by atoms with Crippen LogP contribution in [0.4, 0.5) is 0 Å². The number of amides is 1. The summed E-state index contributed by atoms with van der Waals surface area (Å²) in [5, 5.41) is 7.83. The van der Waals surface area contributed by atoms with Gasteiger partial charge in [0.15, 0.2) is 0 Å². The molecule has 0 radical (unpaired) electrons. The topological polar surface area (TPSA) is 71.3 Å². The van der Waals surface area contributed by atoms with Gasteiger partial charge in [-0.05, 0) is 51.4 Å². The van der Waals surface area contributed by atoms with Gasteiger partial charge in [0.05, 0.1) is 6.54 Å². The largest absolute Gasteiger partial charge is 0.353 e. The lowest BCUT2D eigenvalue weighted by Gasteiger charge is -2.30. The van der Waals surface area contributed by atoms with E-state index in [1.54, 1.807) is 0 Å². The van der Waals surface area contributed by atoms with Crippen molar-refractivity contribution in [1.82, 2.24) is 20.4 Å². The first-order valence-corrected chi connectivity index (χ1v) is 10.0. The van der Waals surface area contributed by atoms with Gasteiger partial charge in [-0.1, -0.05) is 42.2 Å². The summed E-state index contributed by atoms with van der Waals surface area (Å²) in [5.74, 6) is 1.43. The molecule has 1 aromatic heterocycles. The van der Waals surface area contributed by atoms with Crippen molar-refractivity contribution in [2.75, 3.05) is 13.1 Å². The summed E-state index contributed by atoms with van der Waals surface area (Å²) in [6.07, 6.45) is 3.83. The van der Waals surface area contributed by atoms with Crippen LogP contribution in [0.15, 0.2) is 28.8 Å². The highest BCUT2D eigenvalue weighted by atomic mass is 35.5. The molecule has 146 valence electrons. The summed E-state index contributed by atoms with van der Waals surface area (Å²) in [4.78, 5) is 19.1. The molecule has 1 aliphatic rings. The number of benzene rings is 1. The zero-order valence-electron chi connectivity index (χ0n) is 15.9. The van der Waals surface area contributed by atoms with Gasteiger partial charge in [0.1, 0.15) is 0 Å². The second-order valence-electron chi connectivity index (χ2n) is 7.27. The zero-order valence-corrected chi connectivity index (χ0v) is 16.7. The van der Waals surface area contributed by atoms with Gasteiger partial charge < -0.3 is 9.84 Å². The maximum Gasteiger partial charge on any atom is 0.241 e. The van der Waals surface area contributed by atoms with Gasteiger partial charge in [-0.2, -0.15) is 4.98 Å². The van der Waals surface area contributed by atoms with Crippen LogP contribution in [0.3, 0.4) is 0 Å². The molecule has 1 amide bonds. The van der Waals surface area contributed by atoms with Crippen molar-refractivity contribution in [3.05, 3.63) is 35.2 Å². The van der Waals surface area contributed by atoms with E-state index in [2.05, 4.69) is 34.2 Å². The van der Waals surface area contributed by atoms with Crippen LogP contribution >= 0.6 is 11.6 Å². The number of nitrogens with one attached hydrogen (secondary N) is 1. The van der Waals surface area contributed by atoms with E-state index in [0.717, 1.165) is 44.3 Å². The first-order chi connectivity index (χ1) is 13.0. The van der Waals surface area contributed by atoms with E-state index >= 15 is 0 Å². The Balaban J connectivity index is 1.49. The van der Waals surface area contributed by atoms with E-state index in [1.165, 1.54) is 0 Å². The van der Waals surface area contributed by atoms with Gasteiger partial charge >= 0.3 is 0 Å². The Morgan fingerprint density at radius 2 is 2.19 bits per heavy atom. The van der Waals surface area contributed by atoms with Crippen molar-refractivity contribution in [2.24, 2.45) is 5.92 Å². The van der Waals surface area contributed by atoms with Crippen molar-refractivity contribution in [1.29, 1.82) is 0 Å². The molecule has 1 atom stereocenters. The molecule has 0 aliphatic carbocycles. The predicted molar refractivity (Wildman–Crippen MR) is 105 cm³/mol. The molecule has 2 aromatic rings. The number of aromatic nitrogens is 2. The molecule has 7 heteroatoms. The van der Waals surface area contributed by atoms with Crippen molar-refractivity contribution in [3.63, 3.8) is 0 Å². The first kappa shape index (κ1) is 19.8. The summed E-state index contributed by atoms with van der Waals surface area (Å²) >= 11 is 6.02. The highest BCUT2D eigenvalue weighted by molar-refractivity contribution is 6.30. The maximum absolute atomic E-state index is 12.4. The molecular formula is C20H27ClN4O2. The Hall–Kier alpha value is -1.92. The Morgan fingerprint density at radius 1 is 1.41 bits per heavy atom. The monoisotopic (exact) mass is 390 g/mol. The minimum absolute atomic E-state index is 0.102. The fourth-order valence-corrected chi connectivity index (χ4v) is 3.66. The van der Waals surface area contributed by atoms with Crippen LogP contribution in [0.5, 0.6) is 0 Å². The lowest BCUT2D eigenvalue weighted by molar-refractivity contribution is -0.127. The van der Waals surface area contributed by atoms with Crippen molar-refractivity contribution < 1.29 is 9.32 Å². The summed E-state index contributed by atoms with van der Waals surface area (Å²) in [6, 6.07) is 7.66. The van der Waals surface area contributed by atoms with Crippen LogP contribution in [-0.2, 0) is 11.3 Å². The van der Waals surface area contributed by atoms with Crippen LogP contribution in [0.1, 0.15) is 45.4 Å². The summed E-state index contributed by atoms with van der Waals surface area (Å²) in [6.45, 7) is 6.53. The van der Waals surface area contributed by atoms with Crippen molar-refractivity contribution in [2.45, 2.75) is 52.1 Å². The van der Waals surface area contributed by atoms with Crippen LogP contribution in [0, 0.1) is 5.92 Å². The maximum atomic E-state index is 12.4. The summed E-state index contributed by atoms with van der Waals surface area (Å²) in [7, 11) is 0. The zero-order chi connectivity index (χ0) is 19.2. The Bertz CT molecular complexity index is 756. The van der Waals surface area contributed by atoms with Crippen LogP contribution in [-0.4, -0.2) is 40.1 Å². The molecule has 2 heterocycles. The fraction of sp³-hybridized carbons (Fsp3) is 0.550. The number of nitrogens with zero attached hydrogens (tertiary/aromatic N) is 3. The number of halogens is 1. The minimum atomic E-state index is 0.102.